The number of nitrogens with zero attached hydrogens (tertiary/aromatic N) is 1. The predicted molar refractivity (Wildman–Crippen MR) is 171 cm³/mol. The molecule has 0 radical (unpaired) electrons. The fourth-order valence-electron chi connectivity index (χ4n) is 6.39. The predicted octanol–water partition coefficient (Wildman–Crippen LogP) is 10.7. The molecule has 0 saturated heterocycles. The van der Waals surface area contributed by atoms with Gasteiger partial charge in [0, 0.05) is 18.0 Å². The van der Waals surface area contributed by atoms with Crippen LogP contribution in [0.4, 0.5) is 0 Å². The summed E-state index contributed by atoms with van der Waals surface area (Å²) in [5.41, 5.74) is 7.38. The summed E-state index contributed by atoms with van der Waals surface area (Å²) in [5.74, 6) is 0. The largest absolute Gasteiger partial charge is 0.264 e. The molecule has 7 aromatic carbocycles. The van der Waals surface area contributed by atoms with E-state index in [9.17, 15) is 0 Å². The van der Waals surface area contributed by atoms with E-state index in [1.807, 2.05) is 18.5 Å². The number of benzene rings is 7. The van der Waals surface area contributed by atoms with Gasteiger partial charge in [0.1, 0.15) is 0 Å². The summed E-state index contributed by atoms with van der Waals surface area (Å²) in [7, 11) is 0. The average Bonchev–Trinajstić information content (AvgIpc) is 3.03. The molecular weight excluding hydrogens is 482 g/mol. The van der Waals surface area contributed by atoms with Crippen LogP contribution in [0.3, 0.4) is 0 Å². The Bertz CT molecular complexity index is 2150. The first kappa shape index (κ1) is 22.7. The van der Waals surface area contributed by atoms with Gasteiger partial charge >= 0.3 is 0 Å². The summed E-state index contributed by atoms with van der Waals surface area (Å²) in [4.78, 5) is 4.44. The molecule has 0 unspecified atom stereocenters. The van der Waals surface area contributed by atoms with E-state index in [0.29, 0.717) is 0 Å². The van der Waals surface area contributed by atoms with Gasteiger partial charge in [-0.05, 0) is 83.0 Å². The van der Waals surface area contributed by atoms with Crippen molar-refractivity contribution in [1.82, 2.24) is 4.98 Å². The number of hydrogen-bond acceptors (Lipinski definition) is 1. The van der Waals surface area contributed by atoms with E-state index in [1.165, 1.54) is 70.9 Å². The van der Waals surface area contributed by atoms with E-state index in [2.05, 4.69) is 138 Å². The molecule has 1 aromatic heterocycles. The molecular formula is C39H25N. The fourth-order valence-corrected chi connectivity index (χ4v) is 6.39. The van der Waals surface area contributed by atoms with E-state index in [-0.39, 0.29) is 0 Å². The minimum Gasteiger partial charge on any atom is -0.264 e. The fraction of sp³-hybridized carbons (Fsp3) is 0. The van der Waals surface area contributed by atoms with Gasteiger partial charge in [-0.3, -0.25) is 4.98 Å². The molecule has 0 spiro atoms. The molecule has 1 nitrogen and oxygen atoms in total. The highest BCUT2D eigenvalue weighted by molar-refractivity contribution is 6.24. The topological polar surface area (TPSA) is 12.9 Å². The zero-order chi connectivity index (χ0) is 26.5. The van der Waals surface area contributed by atoms with Crippen molar-refractivity contribution in [2.24, 2.45) is 0 Å². The van der Waals surface area contributed by atoms with Gasteiger partial charge in [0.15, 0.2) is 0 Å². The number of pyridine rings is 1. The summed E-state index contributed by atoms with van der Waals surface area (Å²) >= 11 is 0. The van der Waals surface area contributed by atoms with E-state index in [0.717, 1.165) is 5.56 Å². The van der Waals surface area contributed by atoms with Crippen LogP contribution in [-0.4, -0.2) is 4.98 Å². The first-order valence-corrected chi connectivity index (χ1v) is 13.7. The second-order valence-corrected chi connectivity index (χ2v) is 10.4. The normalized spacial score (nSPS) is 11.5. The SMILES string of the molecule is c1cncc(-c2cccc3cccc(-c4c5ccccc5c(-c5ccc6ccccc6c5)c5ccccc45)c23)c1. The first-order valence-electron chi connectivity index (χ1n) is 13.7. The second-order valence-electron chi connectivity index (χ2n) is 10.4. The first-order chi connectivity index (χ1) is 19.9. The maximum atomic E-state index is 4.44. The molecule has 0 aliphatic heterocycles. The Hall–Kier alpha value is -5.27. The van der Waals surface area contributed by atoms with Gasteiger partial charge in [0.05, 0.1) is 0 Å². The molecule has 0 N–H and O–H groups in total. The second kappa shape index (κ2) is 9.18. The van der Waals surface area contributed by atoms with Crippen LogP contribution >= 0.6 is 0 Å². The molecule has 0 saturated carbocycles. The van der Waals surface area contributed by atoms with Crippen LogP contribution in [-0.2, 0) is 0 Å². The molecule has 8 rings (SSSR count). The van der Waals surface area contributed by atoms with Gasteiger partial charge in [0.2, 0.25) is 0 Å². The smallest absolute Gasteiger partial charge is 0.0346 e. The highest BCUT2D eigenvalue weighted by atomic mass is 14.6. The van der Waals surface area contributed by atoms with E-state index in [1.54, 1.807) is 0 Å². The molecule has 0 amide bonds. The van der Waals surface area contributed by atoms with Gasteiger partial charge in [-0.1, -0.05) is 127 Å². The van der Waals surface area contributed by atoms with Crippen LogP contribution < -0.4 is 0 Å². The van der Waals surface area contributed by atoms with Crippen LogP contribution in [0.1, 0.15) is 0 Å². The summed E-state index contributed by atoms with van der Waals surface area (Å²) in [6.45, 7) is 0. The van der Waals surface area contributed by atoms with Gasteiger partial charge in [-0.25, -0.2) is 0 Å². The monoisotopic (exact) mass is 507 g/mol. The standard InChI is InChI=1S/C39H25N/c1-2-11-28-24-29(22-21-26(28)10-1)38-32-15-3-5-17-34(32)39(35-18-6-4-16-33(35)38)36-20-8-13-27-12-7-19-31(37(27)36)30-14-9-23-40-25-30/h1-25H. The molecule has 0 fully saturated rings. The van der Waals surface area contributed by atoms with Crippen LogP contribution in [0.5, 0.6) is 0 Å². The molecule has 0 bridgehead atoms. The number of hydrogen-bond donors (Lipinski definition) is 0. The molecule has 0 aliphatic carbocycles. The van der Waals surface area contributed by atoms with Gasteiger partial charge in [-0.15, -0.1) is 0 Å². The lowest BCUT2D eigenvalue weighted by atomic mass is 9.83. The maximum Gasteiger partial charge on any atom is 0.0346 e. The highest BCUT2D eigenvalue weighted by Gasteiger charge is 2.19. The molecule has 8 aromatic rings. The lowest BCUT2D eigenvalue weighted by molar-refractivity contribution is 1.33. The van der Waals surface area contributed by atoms with Crippen molar-refractivity contribution in [3.63, 3.8) is 0 Å². The van der Waals surface area contributed by atoms with Crippen LogP contribution in [0.15, 0.2) is 152 Å². The minimum atomic E-state index is 1.13. The number of fused-ring (bicyclic) bond motifs is 4. The Morgan fingerprint density at radius 1 is 0.375 bits per heavy atom. The van der Waals surface area contributed by atoms with Gasteiger partial charge in [0.25, 0.3) is 0 Å². The highest BCUT2D eigenvalue weighted by Crippen LogP contribution is 2.46. The quantitative estimate of drug-likeness (QED) is 0.217. The average molecular weight is 508 g/mol. The summed E-state index contributed by atoms with van der Waals surface area (Å²) in [6, 6.07) is 50.7. The Morgan fingerprint density at radius 3 is 1.65 bits per heavy atom. The van der Waals surface area contributed by atoms with Crippen LogP contribution in [0, 0.1) is 0 Å². The Labute approximate surface area is 233 Å². The Balaban J connectivity index is 1.52. The zero-order valence-electron chi connectivity index (χ0n) is 21.9. The molecule has 0 aliphatic rings. The molecule has 1 heterocycles. The maximum absolute atomic E-state index is 4.44. The third-order valence-electron chi connectivity index (χ3n) is 8.12. The molecule has 0 atom stereocenters. The summed E-state index contributed by atoms with van der Waals surface area (Å²) in [6.07, 6.45) is 3.80. The lowest BCUT2D eigenvalue weighted by Gasteiger charge is -2.20. The van der Waals surface area contributed by atoms with Crippen molar-refractivity contribution in [2.75, 3.05) is 0 Å². The molecule has 1 heteroatoms. The molecule has 186 valence electrons. The van der Waals surface area contributed by atoms with Crippen molar-refractivity contribution < 1.29 is 0 Å². The Kier molecular flexibility index (Phi) is 5.21. The van der Waals surface area contributed by atoms with Gasteiger partial charge < -0.3 is 0 Å². The van der Waals surface area contributed by atoms with E-state index in [4.69, 9.17) is 0 Å². The zero-order valence-corrected chi connectivity index (χ0v) is 21.9. The lowest BCUT2D eigenvalue weighted by Crippen LogP contribution is -1.93. The third kappa shape index (κ3) is 3.52. The third-order valence-corrected chi connectivity index (χ3v) is 8.12. The van der Waals surface area contributed by atoms with Crippen LogP contribution in [0.2, 0.25) is 0 Å². The summed E-state index contributed by atoms with van der Waals surface area (Å²) < 4.78 is 0. The molecule has 40 heavy (non-hydrogen) atoms. The summed E-state index contributed by atoms with van der Waals surface area (Å²) in [5, 5.41) is 10.1. The number of aromatic nitrogens is 1. The van der Waals surface area contributed by atoms with Crippen LogP contribution in [0.25, 0.3) is 76.5 Å². The number of rotatable bonds is 3. The Morgan fingerprint density at radius 2 is 0.975 bits per heavy atom. The van der Waals surface area contributed by atoms with Gasteiger partial charge in [-0.2, -0.15) is 0 Å². The van der Waals surface area contributed by atoms with Crippen molar-refractivity contribution in [1.29, 1.82) is 0 Å². The van der Waals surface area contributed by atoms with Crippen molar-refractivity contribution >= 4 is 43.1 Å². The minimum absolute atomic E-state index is 1.13. The van der Waals surface area contributed by atoms with E-state index >= 15 is 0 Å². The van der Waals surface area contributed by atoms with E-state index < -0.39 is 0 Å². The van der Waals surface area contributed by atoms with Crippen molar-refractivity contribution in [2.45, 2.75) is 0 Å². The van der Waals surface area contributed by atoms with Crippen molar-refractivity contribution in [3.8, 4) is 33.4 Å². The van der Waals surface area contributed by atoms with Crippen molar-refractivity contribution in [3.05, 3.63) is 152 Å².